The summed E-state index contributed by atoms with van der Waals surface area (Å²) < 4.78 is 0. The molecule has 1 saturated heterocycles. The van der Waals surface area contributed by atoms with Crippen molar-refractivity contribution < 1.29 is 4.84 Å². The zero-order chi connectivity index (χ0) is 24.6. The molecule has 1 aliphatic heterocycles. The molecule has 0 bridgehead atoms. The Labute approximate surface area is 207 Å². The predicted molar refractivity (Wildman–Crippen MR) is 144 cm³/mol. The minimum absolute atomic E-state index is 0.00699. The Morgan fingerprint density at radius 3 is 2.76 bits per heavy atom. The van der Waals surface area contributed by atoms with Gasteiger partial charge in [-0.05, 0) is 43.4 Å². The van der Waals surface area contributed by atoms with Crippen LogP contribution in [0, 0.1) is 11.3 Å². The van der Waals surface area contributed by atoms with E-state index in [-0.39, 0.29) is 12.1 Å². The summed E-state index contributed by atoms with van der Waals surface area (Å²) in [6.45, 7) is 18.3. The molecule has 3 unspecified atom stereocenters. The molecule has 3 atom stereocenters. The maximum absolute atomic E-state index is 6.43. The lowest BCUT2D eigenvalue weighted by Gasteiger charge is -2.32. The summed E-state index contributed by atoms with van der Waals surface area (Å²) in [4.78, 5) is 15.1. The summed E-state index contributed by atoms with van der Waals surface area (Å²) in [7, 11) is 0. The molecule has 0 amide bonds. The lowest BCUT2D eigenvalue weighted by atomic mass is 9.45. The molecule has 2 heterocycles. The Balaban J connectivity index is 1.70. The van der Waals surface area contributed by atoms with Crippen LogP contribution in [0.1, 0.15) is 71.9 Å². The van der Waals surface area contributed by atoms with Gasteiger partial charge < -0.3 is 5.32 Å². The predicted octanol–water partition coefficient (Wildman–Crippen LogP) is 5.96. The van der Waals surface area contributed by atoms with Gasteiger partial charge in [0, 0.05) is 18.8 Å². The van der Waals surface area contributed by atoms with Crippen molar-refractivity contribution in [2.24, 2.45) is 11.3 Å². The largest absolute Gasteiger partial charge is 0.378 e. The third-order valence-corrected chi connectivity index (χ3v) is 7.36. The van der Waals surface area contributed by atoms with Gasteiger partial charge in [0.1, 0.15) is 5.69 Å². The quantitative estimate of drug-likeness (QED) is 0.280. The van der Waals surface area contributed by atoms with E-state index >= 15 is 0 Å². The van der Waals surface area contributed by atoms with Crippen LogP contribution in [0.15, 0.2) is 61.0 Å². The molecule has 2 N–H and O–H groups in total. The van der Waals surface area contributed by atoms with Crippen LogP contribution in [0.25, 0.3) is 5.70 Å². The van der Waals surface area contributed by atoms with Crippen molar-refractivity contribution in [2.75, 3.05) is 6.44 Å². The van der Waals surface area contributed by atoms with Gasteiger partial charge in [-0.3, -0.25) is 14.8 Å². The first-order valence-corrected chi connectivity index (χ1v) is 12.9. The molecule has 5 nitrogen and oxygen atoms in total. The minimum Gasteiger partial charge on any atom is -0.378 e. The van der Waals surface area contributed by atoms with E-state index in [1.165, 1.54) is 23.8 Å². The monoisotopic (exact) mass is 462 g/mol. The SMILES string of the molecule is C=C1CC(C)(CC)CB1CNOC(CC(C)C)C(CC1=CC=CCC1)NC(=C)c1cnccn1. The second kappa shape index (κ2) is 12.5. The summed E-state index contributed by atoms with van der Waals surface area (Å²) >= 11 is 0. The molecule has 1 aromatic heterocycles. The summed E-state index contributed by atoms with van der Waals surface area (Å²) in [5.41, 5.74) is 8.08. The van der Waals surface area contributed by atoms with Crippen molar-refractivity contribution in [1.82, 2.24) is 20.8 Å². The minimum atomic E-state index is -0.00699. The van der Waals surface area contributed by atoms with Crippen LogP contribution in [-0.4, -0.2) is 35.3 Å². The van der Waals surface area contributed by atoms with E-state index < -0.39 is 0 Å². The Morgan fingerprint density at radius 1 is 1.32 bits per heavy atom. The maximum atomic E-state index is 6.43. The van der Waals surface area contributed by atoms with Gasteiger partial charge in [-0.1, -0.05) is 70.8 Å². The van der Waals surface area contributed by atoms with Crippen LogP contribution in [0.2, 0.25) is 6.32 Å². The number of hydrogen-bond donors (Lipinski definition) is 2. The smallest absolute Gasteiger partial charge is 0.188 e. The van der Waals surface area contributed by atoms with E-state index in [2.05, 4.69) is 79.8 Å². The van der Waals surface area contributed by atoms with Crippen LogP contribution < -0.4 is 10.8 Å². The van der Waals surface area contributed by atoms with Crippen LogP contribution in [0.3, 0.4) is 0 Å². The number of nitrogens with zero attached hydrogens (tertiary/aromatic N) is 2. The summed E-state index contributed by atoms with van der Waals surface area (Å²) in [6, 6.07) is 0.0786. The molecule has 2 aliphatic rings. The van der Waals surface area contributed by atoms with Gasteiger partial charge in [0.05, 0.1) is 24.0 Å². The third kappa shape index (κ3) is 7.67. The zero-order valence-corrected chi connectivity index (χ0v) is 21.6. The highest BCUT2D eigenvalue weighted by Gasteiger charge is 2.38. The molecule has 0 radical (unpaired) electrons. The van der Waals surface area contributed by atoms with Crippen LogP contribution in [0.4, 0.5) is 0 Å². The first-order valence-electron chi connectivity index (χ1n) is 12.9. The van der Waals surface area contributed by atoms with Gasteiger partial charge in [-0.2, -0.15) is 0 Å². The second-order valence-electron chi connectivity index (χ2n) is 10.9. The number of hydrogen-bond acceptors (Lipinski definition) is 5. The highest BCUT2D eigenvalue weighted by atomic mass is 16.7. The normalized spacial score (nSPS) is 22.1. The van der Waals surface area contributed by atoms with Crippen molar-refractivity contribution in [3.8, 4) is 0 Å². The van der Waals surface area contributed by atoms with Gasteiger partial charge in [0.2, 0.25) is 0 Å². The van der Waals surface area contributed by atoms with E-state index in [9.17, 15) is 0 Å². The Hall–Kier alpha value is -2.18. The van der Waals surface area contributed by atoms with Crippen LogP contribution >= 0.6 is 0 Å². The lowest BCUT2D eigenvalue weighted by molar-refractivity contribution is -0.0436. The van der Waals surface area contributed by atoms with E-state index in [4.69, 9.17) is 4.84 Å². The average molecular weight is 462 g/mol. The van der Waals surface area contributed by atoms with Gasteiger partial charge in [0.25, 0.3) is 0 Å². The fourth-order valence-electron chi connectivity index (χ4n) is 5.14. The zero-order valence-electron chi connectivity index (χ0n) is 21.6. The van der Waals surface area contributed by atoms with E-state index in [0.717, 1.165) is 49.9 Å². The number of nitrogens with one attached hydrogen (secondary N) is 2. The standard InChI is InChI=1S/C28H43BN4O/c1-7-28(6)17-22(4)29(19-28)20-32-34-27(15-21(2)3)25(16-24-11-9-8-10-12-24)33-23(5)26-18-30-13-14-31-26/h8-9,11,13-14,18,21,25,27,32-33H,4-5,7,10,12,15-17,19-20H2,1-3,6H3. The number of allylic oxidation sites excluding steroid dienone is 4. The molecule has 6 heteroatoms. The maximum Gasteiger partial charge on any atom is 0.188 e. The molecular weight excluding hydrogens is 419 g/mol. The summed E-state index contributed by atoms with van der Waals surface area (Å²) in [6.07, 6.45) is 20.1. The Bertz CT molecular complexity index is 882. The van der Waals surface area contributed by atoms with Gasteiger partial charge in [0.15, 0.2) is 6.71 Å². The molecule has 1 aliphatic carbocycles. The molecule has 1 aromatic rings. The van der Waals surface area contributed by atoms with Gasteiger partial charge in [-0.15, -0.1) is 12.1 Å². The van der Waals surface area contributed by atoms with Crippen LogP contribution in [-0.2, 0) is 4.84 Å². The molecule has 0 saturated carbocycles. The number of aromatic nitrogens is 2. The second-order valence-corrected chi connectivity index (χ2v) is 10.9. The molecule has 3 rings (SSSR count). The third-order valence-electron chi connectivity index (χ3n) is 7.36. The van der Waals surface area contributed by atoms with Crippen molar-refractivity contribution >= 4 is 12.4 Å². The fraction of sp³-hybridized carbons (Fsp3) is 0.571. The molecular formula is C28H43BN4O. The lowest BCUT2D eigenvalue weighted by Crippen LogP contribution is -2.45. The molecule has 184 valence electrons. The molecule has 0 spiro atoms. The first-order chi connectivity index (χ1) is 16.3. The molecule has 34 heavy (non-hydrogen) atoms. The van der Waals surface area contributed by atoms with E-state index in [1.54, 1.807) is 18.6 Å². The fourth-order valence-corrected chi connectivity index (χ4v) is 5.14. The topological polar surface area (TPSA) is 59.1 Å². The van der Waals surface area contributed by atoms with Crippen LogP contribution in [0.5, 0.6) is 0 Å². The highest BCUT2D eigenvalue weighted by molar-refractivity contribution is 6.68. The van der Waals surface area contributed by atoms with Crippen molar-refractivity contribution in [3.05, 3.63) is 66.7 Å². The van der Waals surface area contributed by atoms with E-state index in [1.807, 2.05) is 0 Å². The Kier molecular flexibility index (Phi) is 9.72. The highest BCUT2D eigenvalue weighted by Crippen LogP contribution is 2.42. The van der Waals surface area contributed by atoms with Gasteiger partial charge >= 0.3 is 0 Å². The summed E-state index contributed by atoms with van der Waals surface area (Å²) in [5, 5.41) is 3.65. The average Bonchev–Trinajstić information content (AvgIpc) is 3.12. The first kappa shape index (κ1) is 26.4. The molecule has 1 fully saturated rings. The Morgan fingerprint density at radius 2 is 2.15 bits per heavy atom. The van der Waals surface area contributed by atoms with Crippen molar-refractivity contribution in [3.63, 3.8) is 0 Å². The van der Waals surface area contributed by atoms with Crippen molar-refractivity contribution in [1.29, 1.82) is 0 Å². The number of rotatable bonds is 13. The number of hydroxylamine groups is 1. The van der Waals surface area contributed by atoms with E-state index in [0.29, 0.717) is 18.0 Å². The summed E-state index contributed by atoms with van der Waals surface area (Å²) in [5.74, 6) is 0.506. The van der Waals surface area contributed by atoms with Gasteiger partial charge in [-0.25, -0.2) is 5.48 Å². The molecule has 0 aromatic carbocycles. The van der Waals surface area contributed by atoms with Crippen molar-refractivity contribution in [2.45, 2.75) is 84.7 Å².